The van der Waals surface area contributed by atoms with Crippen LogP contribution in [0.15, 0.2) is 47.4 Å². The van der Waals surface area contributed by atoms with Gasteiger partial charge in [-0.1, -0.05) is 20.8 Å². The Morgan fingerprint density at radius 2 is 1.80 bits per heavy atom. The highest BCUT2D eigenvalue weighted by molar-refractivity contribution is 5.98. The number of fused-ring (bicyclic) bond motifs is 1. The summed E-state index contributed by atoms with van der Waals surface area (Å²) in [4.78, 5) is 32.4. The average molecular weight is 408 g/mol. The van der Waals surface area contributed by atoms with Gasteiger partial charge in [0, 0.05) is 66.9 Å². The van der Waals surface area contributed by atoms with Crippen LogP contribution in [0.3, 0.4) is 0 Å². The van der Waals surface area contributed by atoms with Crippen molar-refractivity contribution in [1.29, 1.82) is 0 Å². The van der Waals surface area contributed by atoms with E-state index in [4.69, 9.17) is 0 Å². The van der Waals surface area contributed by atoms with Crippen LogP contribution in [0.2, 0.25) is 0 Å². The van der Waals surface area contributed by atoms with E-state index >= 15 is 0 Å². The average Bonchev–Trinajstić information content (AvgIpc) is 3.20. The van der Waals surface area contributed by atoms with Crippen LogP contribution >= 0.6 is 0 Å². The highest BCUT2D eigenvalue weighted by Crippen LogP contribution is 2.18. The number of nitrogens with zero attached hydrogens (tertiary/aromatic N) is 4. The topological polar surface area (TPSA) is 74.2 Å². The Balaban J connectivity index is 1.34. The van der Waals surface area contributed by atoms with Crippen LogP contribution in [0, 0.1) is 0 Å². The number of hydrogen-bond donors (Lipinski definition) is 1. The Labute approximate surface area is 176 Å². The zero-order chi connectivity index (χ0) is 21.3. The van der Waals surface area contributed by atoms with Gasteiger partial charge in [0.05, 0.1) is 12.2 Å². The molecule has 0 aliphatic carbocycles. The fourth-order valence-electron chi connectivity index (χ4n) is 3.79. The zero-order valence-electron chi connectivity index (χ0n) is 17.9. The smallest absolute Gasteiger partial charge is 0.266 e. The second-order valence-electron chi connectivity index (χ2n) is 8.94. The van der Waals surface area contributed by atoms with E-state index in [1.807, 2.05) is 41.4 Å². The maximum absolute atomic E-state index is 12.9. The van der Waals surface area contributed by atoms with Gasteiger partial charge < -0.3 is 9.88 Å². The van der Waals surface area contributed by atoms with Gasteiger partial charge in [-0.3, -0.25) is 14.5 Å². The van der Waals surface area contributed by atoms with Crippen molar-refractivity contribution in [3.8, 4) is 0 Å². The number of benzene rings is 1. The van der Waals surface area contributed by atoms with Crippen LogP contribution in [0.1, 0.15) is 36.8 Å². The monoisotopic (exact) mass is 407 g/mol. The minimum absolute atomic E-state index is 0.0723. The molecule has 7 heteroatoms. The van der Waals surface area contributed by atoms with Gasteiger partial charge in [0.15, 0.2) is 0 Å². The molecule has 3 heterocycles. The molecule has 1 amide bonds. The number of rotatable bonds is 4. The molecule has 1 aromatic carbocycles. The zero-order valence-corrected chi connectivity index (χ0v) is 17.9. The molecule has 1 fully saturated rings. The first kappa shape index (κ1) is 20.3. The Bertz CT molecular complexity index is 1100. The molecule has 3 aromatic rings. The quantitative estimate of drug-likeness (QED) is 0.721. The number of carbonyl (C=O) groups excluding carboxylic acids is 1. The van der Waals surface area contributed by atoms with Gasteiger partial charge in [0.25, 0.3) is 11.5 Å². The van der Waals surface area contributed by atoms with Crippen LogP contribution in [0.5, 0.6) is 0 Å². The third-order valence-electron chi connectivity index (χ3n) is 5.72. The summed E-state index contributed by atoms with van der Waals surface area (Å²) < 4.78 is 1.56. The third-order valence-corrected chi connectivity index (χ3v) is 5.72. The summed E-state index contributed by atoms with van der Waals surface area (Å²) in [6, 6.07) is 11.2. The molecule has 158 valence electrons. The summed E-state index contributed by atoms with van der Waals surface area (Å²) >= 11 is 0. The van der Waals surface area contributed by atoms with E-state index in [0.717, 1.165) is 41.8 Å². The minimum Gasteiger partial charge on any atom is -0.361 e. The summed E-state index contributed by atoms with van der Waals surface area (Å²) in [5.41, 5.74) is 2.51. The van der Waals surface area contributed by atoms with Gasteiger partial charge in [-0.05, 0) is 30.3 Å². The molecule has 0 atom stereocenters. The lowest BCUT2D eigenvalue weighted by molar-refractivity contribution is 0.0631. The first-order valence-electron chi connectivity index (χ1n) is 10.5. The fourth-order valence-corrected chi connectivity index (χ4v) is 3.79. The van der Waals surface area contributed by atoms with Gasteiger partial charge in [0.1, 0.15) is 0 Å². The summed E-state index contributed by atoms with van der Waals surface area (Å²) in [7, 11) is 0. The summed E-state index contributed by atoms with van der Waals surface area (Å²) in [6.45, 7) is 10.6. The molecule has 7 nitrogen and oxygen atoms in total. The summed E-state index contributed by atoms with van der Waals surface area (Å²) in [6.07, 6.45) is 1.88. The van der Waals surface area contributed by atoms with Crippen molar-refractivity contribution in [3.05, 3.63) is 64.2 Å². The third kappa shape index (κ3) is 4.31. The maximum atomic E-state index is 12.9. The van der Waals surface area contributed by atoms with E-state index in [0.29, 0.717) is 19.6 Å². The van der Waals surface area contributed by atoms with Crippen molar-refractivity contribution in [2.45, 2.75) is 32.7 Å². The molecule has 0 saturated carbocycles. The Morgan fingerprint density at radius 3 is 2.53 bits per heavy atom. The highest BCUT2D eigenvalue weighted by atomic mass is 16.2. The van der Waals surface area contributed by atoms with Crippen molar-refractivity contribution >= 4 is 16.8 Å². The van der Waals surface area contributed by atoms with E-state index in [-0.39, 0.29) is 16.9 Å². The molecule has 0 radical (unpaired) electrons. The standard InChI is InChI=1S/C23H29N5O2/c1-23(2,3)20-6-7-21(29)28(25-20)15-12-26-10-13-27(14-11-26)22(30)18-4-5-19-17(16-18)8-9-24-19/h4-9,16,24H,10-15H2,1-3H3. The van der Waals surface area contributed by atoms with Crippen LogP contribution in [-0.2, 0) is 12.0 Å². The fraction of sp³-hybridized carbons (Fsp3) is 0.435. The molecule has 1 saturated heterocycles. The van der Waals surface area contributed by atoms with E-state index < -0.39 is 0 Å². The van der Waals surface area contributed by atoms with Gasteiger partial charge >= 0.3 is 0 Å². The summed E-state index contributed by atoms with van der Waals surface area (Å²) in [5, 5.41) is 5.59. The lowest BCUT2D eigenvalue weighted by Crippen LogP contribution is -2.49. The molecular weight excluding hydrogens is 378 g/mol. The highest BCUT2D eigenvalue weighted by Gasteiger charge is 2.23. The van der Waals surface area contributed by atoms with Gasteiger partial charge in [-0.15, -0.1) is 0 Å². The lowest BCUT2D eigenvalue weighted by atomic mass is 9.92. The number of hydrogen-bond acceptors (Lipinski definition) is 4. The van der Waals surface area contributed by atoms with E-state index in [1.54, 1.807) is 10.7 Å². The normalized spacial score (nSPS) is 15.6. The Kier molecular flexibility index (Phi) is 5.47. The predicted octanol–water partition coefficient (Wildman–Crippen LogP) is 2.48. The minimum atomic E-state index is -0.0924. The van der Waals surface area contributed by atoms with Crippen molar-refractivity contribution in [2.75, 3.05) is 32.7 Å². The molecule has 30 heavy (non-hydrogen) atoms. The molecule has 0 spiro atoms. The van der Waals surface area contributed by atoms with Crippen molar-refractivity contribution in [3.63, 3.8) is 0 Å². The second kappa shape index (κ2) is 8.07. The SMILES string of the molecule is CC(C)(C)c1ccc(=O)n(CCN2CCN(C(=O)c3ccc4[nH]ccc4c3)CC2)n1. The van der Waals surface area contributed by atoms with E-state index in [2.05, 4.69) is 35.8 Å². The van der Waals surface area contributed by atoms with Crippen LogP contribution in [-0.4, -0.2) is 63.2 Å². The Morgan fingerprint density at radius 1 is 1.03 bits per heavy atom. The van der Waals surface area contributed by atoms with Crippen molar-refractivity contribution in [1.82, 2.24) is 24.6 Å². The predicted molar refractivity (Wildman–Crippen MR) is 118 cm³/mol. The van der Waals surface area contributed by atoms with Crippen LogP contribution in [0.25, 0.3) is 10.9 Å². The first-order chi connectivity index (χ1) is 14.3. The molecule has 2 aromatic heterocycles. The number of nitrogens with one attached hydrogen (secondary N) is 1. The second-order valence-corrected chi connectivity index (χ2v) is 8.94. The number of H-pyrrole nitrogens is 1. The van der Waals surface area contributed by atoms with Crippen LogP contribution < -0.4 is 5.56 Å². The lowest BCUT2D eigenvalue weighted by Gasteiger charge is -2.34. The first-order valence-corrected chi connectivity index (χ1v) is 10.5. The van der Waals surface area contributed by atoms with Gasteiger partial charge in [0.2, 0.25) is 0 Å². The molecule has 1 N–H and O–H groups in total. The Hall–Kier alpha value is -2.93. The number of aromatic amines is 1. The molecule has 0 bridgehead atoms. The van der Waals surface area contributed by atoms with Crippen LogP contribution in [0.4, 0.5) is 0 Å². The molecule has 4 rings (SSSR count). The van der Waals surface area contributed by atoms with E-state index in [9.17, 15) is 9.59 Å². The summed E-state index contributed by atoms with van der Waals surface area (Å²) in [5.74, 6) is 0.0773. The maximum Gasteiger partial charge on any atom is 0.266 e. The number of piperazine rings is 1. The molecular formula is C23H29N5O2. The number of carbonyl (C=O) groups is 1. The molecule has 1 aliphatic rings. The van der Waals surface area contributed by atoms with Crippen molar-refractivity contribution < 1.29 is 4.79 Å². The van der Waals surface area contributed by atoms with Crippen molar-refractivity contribution in [2.24, 2.45) is 0 Å². The number of amides is 1. The number of aromatic nitrogens is 3. The van der Waals surface area contributed by atoms with Gasteiger partial charge in [-0.2, -0.15) is 5.10 Å². The van der Waals surface area contributed by atoms with Gasteiger partial charge in [-0.25, -0.2) is 4.68 Å². The largest absolute Gasteiger partial charge is 0.361 e. The molecule has 0 unspecified atom stereocenters. The molecule has 1 aliphatic heterocycles. The van der Waals surface area contributed by atoms with E-state index in [1.165, 1.54) is 0 Å².